The average Bonchev–Trinajstić information content (AvgIpc) is 2.41. The Labute approximate surface area is 136 Å². The van der Waals surface area contributed by atoms with E-state index < -0.39 is 0 Å². The molecule has 0 N–H and O–H groups in total. The summed E-state index contributed by atoms with van der Waals surface area (Å²) in [5.74, 6) is 3.92. The highest BCUT2D eigenvalue weighted by Gasteiger charge is 2.11. The van der Waals surface area contributed by atoms with Gasteiger partial charge in [0.25, 0.3) is 0 Å². The van der Waals surface area contributed by atoms with Crippen LogP contribution in [0.15, 0.2) is 16.6 Å². The summed E-state index contributed by atoms with van der Waals surface area (Å²) in [5.41, 5.74) is 1.17. The molecule has 0 aromatic heterocycles. The number of thioether (sulfide) groups is 1. The summed E-state index contributed by atoms with van der Waals surface area (Å²) in [7, 11) is 0. The number of ether oxygens (including phenoxy) is 2. The van der Waals surface area contributed by atoms with Crippen molar-refractivity contribution in [2.24, 2.45) is 0 Å². The Balaban J connectivity index is 2.68. The van der Waals surface area contributed by atoms with Crippen molar-refractivity contribution in [3.63, 3.8) is 0 Å². The molecule has 0 bridgehead atoms. The van der Waals surface area contributed by atoms with E-state index in [0.29, 0.717) is 6.61 Å². The van der Waals surface area contributed by atoms with Crippen LogP contribution in [0.2, 0.25) is 0 Å². The minimum absolute atomic E-state index is 0.639. The van der Waals surface area contributed by atoms with Gasteiger partial charge in [0.05, 0.1) is 17.7 Å². The van der Waals surface area contributed by atoms with E-state index in [1.807, 2.05) is 24.8 Å². The molecule has 0 atom stereocenters. The second-order valence-electron chi connectivity index (χ2n) is 3.87. The molecule has 0 spiro atoms. The first-order valence-electron chi connectivity index (χ1n) is 6.44. The van der Waals surface area contributed by atoms with Crippen molar-refractivity contribution < 1.29 is 9.47 Å². The molecule has 1 aromatic carbocycles. The predicted octanol–water partition coefficient (Wildman–Crippen LogP) is 5.26. The lowest BCUT2D eigenvalue weighted by atomic mass is 10.2. The highest BCUT2D eigenvalue weighted by molar-refractivity contribution is 9.10. The molecule has 0 unspecified atom stereocenters. The fourth-order valence-corrected chi connectivity index (χ4v) is 3.12. The molecule has 0 heterocycles. The number of alkyl halides is 1. The smallest absolute Gasteiger partial charge is 0.175 e. The molecule has 0 fully saturated rings. The molecule has 0 radical (unpaired) electrons. The van der Waals surface area contributed by atoms with Crippen molar-refractivity contribution >= 4 is 43.6 Å². The van der Waals surface area contributed by atoms with Crippen LogP contribution < -0.4 is 9.47 Å². The second kappa shape index (κ2) is 9.94. The Bertz CT molecular complexity index is 386. The number of benzene rings is 1. The highest BCUT2D eigenvalue weighted by Crippen LogP contribution is 2.37. The molecule has 19 heavy (non-hydrogen) atoms. The van der Waals surface area contributed by atoms with Crippen LogP contribution in [0.3, 0.4) is 0 Å². The van der Waals surface area contributed by atoms with Gasteiger partial charge in [-0.25, -0.2) is 0 Å². The van der Waals surface area contributed by atoms with Crippen molar-refractivity contribution in [2.45, 2.75) is 25.6 Å². The molecule has 108 valence electrons. The van der Waals surface area contributed by atoms with Gasteiger partial charge in [-0.2, -0.15) is 11.8 Å². The van der Waals surface area contributed by atoms with E-state index in [1.165, 1.54) is 5.56 Å². The molecule has 1 aromatic rings. The number of halogens is 2. The Morgan fingerprint density at radius 3 is 2.63 bits per heavy atom. The third-order valence-electron chi connectivity index (χ3n) is 2.41. The van der Waals surface area contributed by atoms with Crippen molar-refractivity contribution in [1.29, 1.82) is 0 Å². The Morgan fingerprint density at radius 1 is 1.21 bits per heavy atom. The number of hydrogen-bond donors (Lipinski definition) is 0. The normalized spacial score (nSPS) is 10.5. The van der Waals surface area contributed by atoms with E-state index in [9.17, 15) is 0 Å². The van der Waals surface area contributed by atoms with Crippen LogP contribution >= 0.6 is 43.6 Å². The standard InChI is InChI=1S/C14H20Br2O2S/c1-3-17-13-9-11(10-15)8-12(16)14(13)18-6-5-7-19-4-2/h8-9H,3-7,10H2,1-2H3. The number of rotatable bonds is 9. The van der Waals surface area contributed by atoms with Gasteiger partial charge in [-0.1, -0.05) is 22.9 Å². The maximum absolute atomic E-state index is 5.87. The quantitative estimate of drug-likeness (QED) is 0.407. The second-order valence-corrected chi connectivity index (χ2v) is 6.68. The van der Waals surface area contributed by atoms with Gasteiger partial charge in [-0.3, -0.25) is 0 Å². The Kier molecular flexibility index (Phi) is 8.99. The van der Waals surface area contributed by atoms with E-state index in [2.05, 4.69) is 44.8 Å². The van der Waals surface area contributed by atoms with E-state index in [1.54, 1.807) is 0 Å². The monoisotopic (exact) mass is 410 g/mol. The zero-order chi connectivity index (χ0) is 14.1. The molecular weight excluding hydrogens is 392 g/mol. The third kappa shape index (κ3) is 5.96. The van der Waals surface area contributed by atoms with Gasteiger partial charge in [0, 0.05) is 5.33 Å². The van der Waals surface area contributed by atoms with E-state index in [-0.39, 0.29) is 0 Å². The Hall–Kier alpha value is 0.130. The predicted molar refractivity (Wildman–Crippen MR) is 91.1 cm³/mol. The van der Waals surface area contributed by atoms with Crippen LogP contribution in [0.4, 0.5) is 0 Å². The fraction of sp³-hybridized carbons (Fsp3) is 0.571. The van der Waals surface area contributed by atoms with E-state index in [4.69, 9.17) is 9.47 Å². The van der Waals surface area contributed by atoms with Crippen LogP contribution in [0.1, 0.15) is 25.8 Å². The zero-order valence-electron chi connectivity index (χ0n) is 11.4. The van der Waals surface area contributed by atoms with Gasteiger partial charge < -0.3 is 9.47 Å². The van der Waals surface area contributed by atoms with Gasteiger partial charge in [-0.15, -0.1) is 0 Å². The molecule has 0 aliphatic rings. The fourth-order valence-electron chi connectivity index (χ4n) is 1.58. The largest absolute Gasteiger partial charge is 0.490 e. The molecule has 0 amide bonds. The van der Waals surface area contributed by atoms with Gasteiger partial charge >= 0.3 is 0 Å². The topological polar surface area (TPSA) is 18.5 Å². The zero-order valence-corrected chi connectivity index (χ0v) is 15.4. The molecule has 1 rings (SSSR count). The summed E-state index contributed by atoms with van der Waals surface area (Å²) in [6, 6.07) is 4.09. The van der Waals surface area contributed by atoms with Gasteiger partial charge in [-0.05, 0) is 58.5 Å². The Morgan fingerprint density at radius 2 is 2.00 bits per heavy atom. The van der Waals surface area contributed by atoms with Gasteiger partial charge in [0.15, 0.2) is 11.5 Å². The first-order valence-corrected chi connectivity index (χ1v) is 9.51. The SMILES string of the molecule is CCOc1cc(CBr)cc(Br)c1OCCCSCC. The van der Waals surface area contributed by atoms with Gasteiger partial charge in [0.1, 0.15) is 0 Å². The molecule has 0 saturated heterocycles. The summed E-state index contributed by atoms with van der Waals surface area (Å²) < 4.78 is 12.5. The summed E-state index contributed by atoms with van der Waals surface area (Å²) in [6.45, 7) is 5.52. The van der Waals surface area contributed by atoms with E-state index >= 15 is 0 Å². The average molecular weight is 412 g/mol. The molecule has 0 aliphatic carbocycles. The van der Waals surface area contributed by atoms with Crippen LogP contribution in [-0.4, -0.2) is 24.7 Å². The van der Waals surface area contributed by atoms with Crippen molar-refractivity contribution in [1.82, 2.24) is 0 Å². The summed E-state index contributed by atoms with van der Waals surface area (Å²) >= 11 is 8.96. The minimum atomic E-state index is 0.639. The molecular formula is C14H20Br2O2S. The summed E-state index contributed by atoms with van der Waals surface area (Å²) in [4.78, 5) is 0. The van der Waals surface area contributed by atoms with Crippen LogP contribution in [0, 0.1) is 0 Å². The van der Waals surface area contributed by atoms with Crippen molar-refractivity contribution in [2.75, 3.05) is 24.7 Å². The molecule has 0 aliphatic heterocycles. The lowest BCUT2D eigenvalue weighted by molar-refractivity contribution is 0.276. The third-order valence-corrected chi connectivity index (χ3v) is 4.63. The van der Waals surface area contributed by atoms with Crippen molar-refractivity contribution in [3.05, 3.63) is 22.2 Å². The first kappa shape index (κ1) is 17.2. The summed E-state index contributed by atoms with van der Waals surface area (Å²) in [5, 5.41) is 0.805. The number of hydrogen-bond acceptors (Lipinski definition) is 3. The van der Waals surface area contributed by atoms with Crippen molar-refractivity contribution in [3.8, 4) is 11.5 Å². The molecule has 5 heteroatoms. The van der Waals surface area contributed by atoms with Crippen LogP contribution in [-0.2, 0) is 5.33 Å². The lowest BCUT2D eigenvalue weighted by Crippen LogP contribution is -2.03. The lowest BCUT2D eigenvalue weighted by Gasteiger charge is -2.15. The van der Waals surface area contributed by atoms with E-state index in [0.717, 1.165) is 45.8 Å². The van der Waals surface area contributed by atoms with Crippen LogP contribution in [0.5, 0.6) is 11.5 Å². The first-order chi connectivity index (χ1) is 9.22. The minimum Gasteiger partial charge on any atom is -0.490 e. The maximum atomic E-state index is 5.87. The molecule has 0 saturated carbocycles. The molecule has 2 nitrogen and oxygen atoms in total. The summed E-state index contributed by atoms with van der Waals surface area (Å²) in [6.07, 6.45) is 1.05. The maximum Gasteiger partial charge on any atom is 0.175 e. The van der Waals surface area contributed by atoms with Gasteiger partial charge in [0.2, 0.25) is 0 Å². The van der Waals surface area contributed by atoms with Crippen LogP contribution in [0.25, 0.3) is 0 Å². The highest BCUT2D eigenvalue weighted by atomic mass is 79.9.